The zero-order valence-corrected chi connectivity index (χ0v) is 11.8. The van der Waals surface area contributed by atoms with Crippen molar-refractivity contribution in [2.24, 2.45) is 0 Å². The lowest BCUT2D eigenvalue weighted by Gasteiger charge is -2.24. The van der Waals surface area contributed by atoms with Crippen LogP contribution in [0, 0.1) is 0 Å². The van der Waals surface area contributed by atoms with Crippen molar-refractivity contribution in [3.8, 4) is 0 Å². The van der Waals surface area contributed by atoms with Crippen LogP contribution in [0.15, 0.2) is 25.0 Å². The van der Waals surface area contributed by atoms with Gasteiger partial charge in [-0.15, -0.1) is 17.9 Å². The van der Waals surface area contributed by atoms with Crippen molar-refractivity contribution >= 4 is 33.3 Å². The molecule has 2 aromatic rings. The van der Waals surface area contributed by atoms with E-state index in [2.05, 4.69) is 16.5 Å². The zero-order chi connectivity index (χ0) is 14.0. The van der Waals surface area contributed by atoms with Crippen molar-refractivity contribution < 1.29 is 4.79 Å². The van der Waals surface area contributed by atoms with E-state index < -0.39 is 0 Å². The molecule has 0 aliphatic rings. The summed E-state index contributed by atoms with van der Waals surface area (Å²) in [5.74, 6) is -0.0998. The monoisotopic (exact) mass is 276 g/mol. The molecule has 0 spiro atoms. The maximum absolute atomic E-state index is 12.5. The van der Waals surface area contributed by atoms with Crippen molar-refractivity contribution in [3.63, 3.8) is 0 Å². The van der Waals surface area contributed by atoms with Crippen LogP contribution < -0.4 is 5.73 Å². The number of anilines is 1. The molecule has 0 saturated heterocycles. The van der Waals surface area contributed by atoms with Crippen molar-refractivity contribution in [2.45, 2.75) is 19.9 Å². The number of nitrogen functional groups attached to an aromatic ring is 1. The highest BCUT2D eigenvalue weighted by Crippen LogP contribution is 2.31. The summed E-state index contributed by atoms with van der Waals surface area (Å²) in [4.78, 5) is 23.8. The van der Waals surface area contributed by atoms with Gasteiger partial charge in [-0.3, -0.25) is 4.79 Å². The molecule has 100 valence electrons. The Kier molecular flexibility index (Phi) is 3.80. The highest BCUT2D eigenvalue weighted by molar-refractivity contribution is 7.21. The number of rotatable bonds is 4. The van der Waals surface area contributed by atoms with Gasteiger partial charge in [0.05, 0.1) is 5.69 Å². The minimum absolute atomic E-state index is 0.0797. The van der Waals surface area contributed by atoms with Gasteiger partial charge in [0.2, 0.25) is 0 Å². The second-order valence-corrected chi connectivity index (χ2v) is 5.39. The van der Waals surface area contributed by atoms with Gasteiger partial charge < -0.3 is 10.6 Å². The fourth-order valence-electron chi connectivity index (χ4n) is 1.80. The summed E-state index contributed by atoms with van der Waals surface area (Å²) in [6.07, 6.45) is 4.87. The van der Waals surface area contributed by atoms with E-state index in [0.717, 1.165) is 0 Å². The molecule has 0 radical (unpaired) electrons. The second kappa shape index (κ2) is 5.36. The third-order valence-corrected chi connectivity index (χ3v) is 3.86. The first-order valence-electron chi connectivity index (χ1n) is 5.97. The van der Waals surface area contributed by atoms with E-state index in [0.29, 0.717) is 27.5 Å². The Morgan fingerprint density at radius 3 is 2.79 bits per heavy atom. The summed E-state index contributed by atoms with van der Waals surface area (Å²) < 4.78 is 0. The lowest BCUT2D eigenvalue weighted by Crippen LogP contribution is -2.36. The number of carbonyl (C=O) groups is 1. The predicted molar refractivity (Wildman–Crippen MR) is 78.2 cm³/mol. The van der Waals surface area contributed by atoms with E-state index in [-0.39, 0.29) is 11.9 Å². The molecule has 2 N–H and O–H groups in total. The Bertz CT molecular complexity index is 620. The van der Waals surface area contributed by atoms with Crippen molar-refractivity contribution in [2.75, 3.05) is 12.3 Å². The quantitative estimate of drug-likeness (QED) is 0.870. The smallest absolute Gasteiger partial charge is 0.266 e. The molecule has 2 heterocycles. The first-order chi connectivity index (χ1) is 9.06. The van der Waals surface area contributed by atoms with Gasteiger partial charge in [0.1, 0.15) is 15.2 Å². The van der Waals surface area contributed by atoms with E-state index in [1.54, 1.807) is 23.4 Å². The van der Waals surface area contributed by atoms with Gasteiger partial charge >= 0.3 is 0 Å². The van der Waals surface area contributed by atoms with Crippen LogP contribution in [0.3, 0.4) is 0 Å². The largest absolute Gasteiger partial charge is 0.396 e. The second-order valence-electron chi connectivity index (χ2n) is 4.39. The molecule has 5 nitrogen and oxygen atoms in total. The van der Waals surface area contributed by atoms with Crippen LogP contribution in [-0.2, 0) is 0 Å². The molecule has 0 fully saturated rings. The summed E-state index contributed by atoms with van der Waals surface area (Å²) in [5.41, 5.74) is 7.01. The third-order valence-electron chi connectivity index (χ3n) is 2.77. The van der Waals surface area contributed by atoms with E-state index in [4.69, 9.17) is 5.73 Å². The Labute approximate surface area is 115 Å². The van der Waals surface area contributed by atoms with Gasteiger partial charge in [0.25, 0.3) is 5.91 Å². The van der Waals surface area contributed by atoms with Crippen LogP contribution in [-0.4, -0.2) is 33.4 Å². The number of nitrogens with zero attached hydrogens (tertiary/aromatic N) is 3. The number of fused-ring (bicyclic) bond motifs is 1. The lowest BCUT2D eigenvalue weighted by atomic mass is 10.2. The van der Waals surface area contributed by atoms with Crippen LogP contribution in [0.25, 0.3) is 10.3 Å². The molecular weight excluding hydrogens is 260 g/mol. The van der Waals surface area contributed by atoms with Gasteiger partial charge in [0.15, 0.2) is 0 Å². The Morgan fingerprint density at radius 2 is 2.21 bits per heavy atom. The molecule has 1 amide bonds. The Balaban J connectivity index is 2.45. The molecule has 0 saturated carbocycles. The summed E-state index contributed by atoms with van der Waals surface area (Å²) >= 11 is 1.28. The van der Waals surface area contributed by atoms with Gasteiger partial charge in [0, 0.05) is 25.0 Å². The van der Waals surface area contributed by atoms with E-state index >= 15 is 0 Å². The summed E-state index contributed by atoms with van der Waals surface area (Å²) in [6, 6.07) is 0.0797. The number of hydrogen-bond acceptors (Lipinski definition) is 5. The normalized spacial score (nSPS) is 10.9. The molecule has 0 aliphatic heterocycles. The van der Waals surface area contributed by atoms with Crippen LogP contribution in [0.1, 0.15) is 23.5 Å². The molecule has 0 unspecified atom stereocenters. The minimum Gasteiger partial charge on any atom is -0.396 e. The van der Waals surface area contributed by atoms with Gasteiger partial charge in [-0.05, 0) is 13.8 Å². The summed E-state index contributed by atoms with van der Waals surface area (Å²) in [5, 5.41) is 0. The standard InChI is InChI=1S/C13H16N4OS/c1-4-7-17(8(2)3)13(18)11-9(14)10-12(19-11)16-6-5-15-10/h4-6,8H,1,7,14H2,2-3H3. The average molecular weight is 276 g/mol. The van der Waals surface area contributed by atoms with Crippen LogP contribution >= 0.6 is 11.3 Å². The summed E-state index contributed by atoms with van der Waals surface area (Å²) in [6.45, 7) is 8.09. The van der Waals surface area contributed by atoms with Crippen molar-refractivity contribution in [1.29, 1.82) is 0 Å². The van der Waals surface area contributed by atoms with Crippen LogP contribution in [0.4, 0.5) is 5.69 Å². The average Bonchev–Trinajstić information content (AvgIpc) is 2.73. The molecule has 19 heavy (non-hydrogen) atoms. The SMILES string of the molecule is C=CCN(C(=O)c1sc2nccnc2c1N)C(C)C. The maximum atomic E-state index is 12.5. The van der Waals surface area contributed by atoms with Crippen molar-refractivity contribution in [3.05, 3.63) is 29.9 Å². The summed E-state index contributed by atoms with van der Waals surface area (Å²) in [7, 11) is 0. The number of hydrogen-bond donors (Lipinski definition) is 1. The maximum Gasteiger partial charge on any atom is 0.266 e. The molecule has 0 aromatic carbocycles. The minimum atomic E-state index is -0.0998. The van der Waals surface area contributed by atoms with E-state index in [1.165, 1.54) is 11.3 Å². The molecule has 0 atom stereocenters. The molecular formula is C13H16N4OS. The molecule has 2 aromatic heterocycles. The number of thiophene rings is 1. The van der Waals surface area contributed by atoms with Gasteiger partial charge in [-0.1, -0.05) is 6.08 Å². The molecule has 0 aliphatic carbocycles. The molecule has 6 heteroatoms. The molecule has 0 bridgehead atoms. The highest BCUT2D eigenvalue weighted by Gasteiger charge is 2.24. The number of carbonyl (C=O) groups excluding carboxylic acids is 1. The van der Waals surface area contributed by atoms with Crippen LogP contribution in [0.2, 0.25) is 0 Å². The van der Waals surface area contributed by atoms with Crippen LogP contribution in [0.5, 0.6) is 0 Å². The topological polar surface area (TPSA) is 72.1 Å². The highest BCUT2D eigenvalue weighted by atomic mass is 32.1. The first kappa shape index (κ1) is 13.5. The lowest BCUT2D eigenvalue weighted by molar-refractivity contribution is 0.0734. The van der Waals surface area contributed by atoms with E-state index in [9.17, 15) is 4.79 Å². The van der Waals surface area contributed by atoms with Gasteiger partial charge in [-0.25, -0.2) is 9.97 Å². The number of nitrogens with two attached hydrogens (primary N) is 1. The fourth-order valence-corrected chi connectivity index (χ4v) is 2.78. The Hall–Kier alpha value is -1.95. The first-order valence-corrected chi connectivity index (χ1v) is 6.78. The third kappa shape index (κ3) is 2.44. The molecule has 2 rings (SSSR count). The van der Waals surface area contributed by atoms with E-state index in [1.807, 2.05) is 13.8 Å². The number of aromatic nitrogens is 2. The van der Waals surface area contributed by atoms with Crippen molar-refractivity contribution in [1.82, 2.24) is 14.9 Å². The predicted octanol–water partition coefficient (Wildman–Crippen LogP) is 2.31. The van der Waals surface area contributed by atoms with Gasteiger partial charge in [-0.2, -0.15) is 0 Å². The Morgan fingerprint density at radius 1 is 1.53 bits per heavy atom. The number of amides is 1. The fraction of sp³-hybridized carbons (Fsp3) is 0.308. The zero-order valence-electron chi connectivity index (χ0n) is 11.0.